The van der Waals surface area contributed by atoms with E-state index in [0.717, 1.165) is 44.2 Å². The molecule has 0 aliphatic carbocycles. The third-order valence-corrected chi connectivity index (χ3v) is 4.24. The molecule has 0 saturated heterocycles. The van der Waals surface area contributed by atoms with Crippen molar-refractivity contribution in [3.8, 4) is 5.75 Å². The molecule has 4 rings (SSSR count). The second-order valence-electron chi connectivity index (χ2n) is 5.86. The van der Waals surface area contributed by atoms with Crippen LogP contribution in [0, 0.1) is 5.92 Å². The predicted molar refractivity (Wildman–Crippen MR) is 81.6 cm³/mol. The highest BCUT2D eigenvalue weighted by Crippen LogP contribution is 2.27. The molecule has 1 aromatic heterocycles. The van der Waals surface area contributed by atoms with E-state index in [9.17, 15) is 0 Å². The van der Waals surface area contributed by atoms with Gasteiger partial charge < -0.3 is 15.4 Å². The van der Waals surface area contributed by atoms with Crippen LogP contribution < -0.4 is 15.4 Å². The van der Waals surface area contributed by atoms with Crippen LogP contribution in [0.3, 0.4) is 0 Å². The number of ether oxygens (including phenoxy) is 1. The van der Waals surface area contributed by atoms with Gasteiger partial charge in [0.2, 0.25) is 0 Å². The molecule has 0 saturated carbocycles. The predicted octanol–water partition coefficient (Wildman–Crippen LogP) is 1.52. The van der Waals surface area contributed by atoms with Gasteiger partial charge >= 0.3 is 0 Å². The van der Waals surface area contributed by atoms with Gasteiger partial charge in [-0.15, -0.1) is 0 Å². The van der Waals surface area contributed by atoms with Crippen molar-refractivity contribution in [1.29, 1.82) is 0 Å². The Morgan fingerprint density at radius 2 is 2.24 bits per heavy atom. The molecule has 2 aromatic rings. The molecule has 21 heavy (non-hydrogen) atoms. The summed E-state index contributed by atoms with van der Waals surface area (Å²) in [5.74, 6) is 2.74. The van der Waals surface area contributed by atoms with Crippen molar-refractivity contribution in [3.05, 3.63) is 42.1 Å². The van der Waals surface area contributed by atoms with E-state index < -0.39 is 0 Å². The Hall–Kier alpha value is -2.01. The maximum Gasteiger partial charge on any atom is 0.124 e. The minimum absolute atomic E-state index is 0.263. The quantitative estimate of drug-likeness (QED) is 0.894. The first-order valence-electron chi connectivity index (χ1n) is 7.59. The molecule has 5 heteroatoms. The maximum absolute atomic E-state index is 5.94. The van der Waals surface area contributed by atoms with Gasteiger partial charge in [0.15, 0.2) is 0 Å². The number of rotatable bonds is 4. The number of benzene rings is 1. The van der Waals surface area contributed by atoms with Crippen LogP contribution in [0.25, 0.3) is 0 Å². The van der Waals surface area contributed by atoms with E-state index in [1.54, 1.807) is 0 Å². The fourth-order valence-electron chi connectivity index (χ4n) is 3.14. The van der Waals surface area contributed by atoms with Gasteiger partial charge in [-0.1, -0.05) is 18.2 Å². The summed E-state index contributed by atoms with van der Waals surface area (Å²) in [4.78, 5) is 0. The van der Waals surface area contributed by atoms with Crippen molar-refractivity contribution in [2.45, 2.75) is 19.1 Å². The van der Waals surface area contributed by atoms with Gasteiger partial charge in [0.25, 0.3) is 0 Å². The van der Waals surface area contributed by atoms with Gasteiger partial charge in [0.05, 0.1) is 6.20 Å². The first kappa shape index (κ1) is 12.7. The van der Waals surface area contributed by atoms with E-state index in [2.05, 4.69) is 33.9 Å². The molecule has 110 valence electrons. The second kappa shape index (κ2) is 5.41. The summed E-state index contributed by atoms with van der Waals surface area (Å²) in [6, 6.07) is 10.3. The van der Waals surface area contributed by atoms with E-state index in [-0.39, 0.29) is 6.10 Å². The number of nitrogens with zero attached hydrogens (tertiary/aromatic N) is 2. The molecule has 0 amide bonds. The number of para-hydroxylation sites is 1. The van der Waals surface area contributed by atoms with Crippen molar-refractivity contribution >= 4 is 5.82 Å². The van der Waals surface area contributed by atoms with E-state index in [4.69, 9.17) is 4.74 Å². The SMILES string of the molecule is c1ccc2c(c1)CC(CNCC1CNc3ccnn3C1)O2. The van der Waals surface area contributed by atoms with Crippen LogP contribution in [0.4, 0.5) is 5.82 Å². The number of anilines is 1. The molecule has 0 radical (unpaired) electrons. The summed E-state index contributed by atoms with van der Waals surface area (Å²) >= 11 is 0. The fourth-order valence-corrected chi connectivity index (χ4v) is 3.14. The summed E-state index contributed by atoms with van der Waals surface area (Å²) in [5, 5.41) is 11.3. The molecule has 2 aliphatic heterocycles. The molecular formula is C16H20N4O. The molecule has 0 fully saturated rings. The number of hydrogen-bond donors (Lipinski definition) is 2. The van der Waals surface area contributed by atoms with Gasteiger partial charge in [-0.25, -0.2) is 4.68 Å². The van der Waals surface area contributed by atoms with Gasteiger partial charge in [-0.3, -0.25) is 0 Å². The number of aromatic nitrogens is 2. The first-order chi connectivity index (χ1) is 10.4. The van der Waals surface area contributed by atoms with Gasteiger partial charge in [-0.2, -0.15) is 5.10 Å². The molecular weight excluding hydrogens is 264 g/mol. The molecule has 2 unspecified atom stereocenters. The van der Waals surface area contributed by atoms with Crippen LogP contribution in [0.1, 0.15) is 5.56 Å². The van der Waals surface area contributed by atoms with Crippen molar-refractivity contribution in [3.63, 3.8) is 0 Å². The molecule has 2 N–H and O–H groups in total. The molecule has 0 bridgehead atoms. The molecule has 3 heterocycles. The minimum atomic E-state index is 0.263. The lowest BCUT2D eigenvalue weighted by atomic mass is 10.1. The zero-order valence-corrected chi connectivity index (χ0v) is 12.0. The zero-order chi connectivity index (χ0) is 14.1. The summed E-state index contributed by atoms with van der Waals surface area (Å²) in [7, 11) is 0. The Kier molecular flexibility index (Phi) is 3.27. The van der Waals surface area contributed by atoms with Crippen LogP contribution in [-0.4, -0.2) is 35.5 Å². The molecule has 1 aromatic carbocycles. The van der Waals surface area contributed by atoms with Crippen LogP contribution in [-0.2, 0) is 13.0 Å². The monoisotopic (exact) mass is 284 g/mol. The van der Waals surface area contributed by atoms with E-state index >= 15 is 0 Å². The Balaban J connectivity index is 1.25. The summed E-state index contributed by atoms with van der Waals surface area (Å²) in [6.45, 7) is 3.87. The van der Waals surface area contributed by atoms with Crippen molar-refractivity contribution in [2.24, 2.45) is 5.92 Å². The van der Waals surface area contributed by atoms with Crippen LogP contribution in [0.2, 0.25) is 0 Å². The number of hydrogen-bond acceptors (Lipinski definition) is 4. The Bertz CT molecular complexity index is 597. The van der Waals surface area contributed by atoms with Crippen LogP contribution >= 0.6 is 0 Å². The fraction of sp³-hybridized carbons (Fsp3) is 0.438. The van der Waals surface area contributed by atoms with E-state index in [1.165, 1.54) is 5.56 Å². The van der Waals surface area contributed by atoms with Gasteiger partial charge in [0, 0.05) is 44.6 Å². The second-order valence-corrected chi connectivity index (χ2v) is 5.86. The molecule has 5 nitrogen and oxygen atoms in total. The molecule has 2 atom stereocenters. The Morgan fingerprint density at radius 3 is 3.19 bits per heavy atom. The lowest BCUT2D eigenvalue weighted by Crippen LogP contribution is -2.38. The largest absolute Gasteiger partial charge is 0.488 e. The van der Waals surface area contributed by atoms with Crippen molar-refractivity contribution < 1.29 is 4.74 Å². The van der Waals surface area contributed by atoms with E-state index in [1.807, 2.05) is 23.0 Å². The summed E-state index contributed by atoms with van der Waals surface area (Å²) in [5.41, 5.74) is 1.32. The number of fused-ring (bicyclic) bond motifs is 2. The highest BCUT2D eigenvalue weighted by molar-refractivity contribution is 5.37. The van der Waals surface area contributed by atoms with E-state index in [0.29, 0.717) is 5.92 Å². The topological polar surface area (TPSA) is 51.1 Å². The van der Waals surface area contributed by atoms with Crippen molar-refractivity contribution in [1.82, 2.24) is 15.1 Å². The summed E-state index contributed by atoms with van der Waals surface area (Å²) < 4.78 is 7.98. The normalized spacial score (nSPS) is 23.0. The highest BCUT2D eigenvalue weighted by atomic mass is 16.5. The lowest BCUT2D eigenvalue weighted by molar-refractivity contribution is 0.223. The number of nitrogens with one attached hydrogen (secondary N) is 2. The average molecular weight is 284 g/mol. The third-order valence-electron chi connectivity index (χ3n) is 4.24. The highest BCUT2D eigenvalue weighted by Gasteiger charge is 2.23. The van der Waals surface area contributed by atoms with Crippen LogP contribution in [0.5, 0.6) is 5.75 Å². The minimum Gasteiger partial charge on any atom is -0.488 e. The standard InChI is InChI=1S/C16H20N4O/c1-2-4-15-13(3-1)7-14(21-15)10-17-8-12-9-18-16-5-6-19-20(16)11-12/h1-6,12,14,17-18H,7-11H2. The van der Waals surface area contributed by atoms with Crippen LogP contribution in [0.15, 0.2) is 36.5 Å². The van der Waals surface area contributed by atoms with Crippen molar-refractivity contribution in [2.75, 3.05) is 25.0 Å². The Labute approximate surface area is 124 Å². The first-order valence-corrected chi connectivity index (χ1v) is 7.59. The van der Waals surface area contributed by atoms with Gasteiger partial charge in [0.1, 0.15) is 17.7 Å². The smallest absolute Gasteiger partial charge is 0.124 e. The molecule has 0 spiro atoms. The zero-order valence-electron chi connectivity index (χ0n) is 12.0. The maximum atomic E-state index is 5.94. The average Bonchev–Trinajstić information content (AvgIpc) is 3.12. The molecule has 2 aliphatic rings. The third kappa shape index (κ3) is 2.61. The van der Waals surface area contributed by atoms with Gasteiger partial charge in [-0.05, 0) is 11.6 Å². The Morgan fingerprint density at radius 1 is 1.29 bits per heavy atom. The summed E-state index contributed by atoms with van der Waals surface area (Å²) in [6.07, 6.45) is 3.12. The lowest BCUT2D eigenvalue weighted by Gasteiger charge is -2.25.